The lowest BCUT2D eigenvalue weighted by atomic mass is 9.98. The summed E-state index contributed by atoms with van der Waals surface area (Å²) in [5, 5.41) is 5.08. The quantitative estimate of drug-likeness (QED) is 0.177. The summed E-state index contributed by atoms with van der Waals surface area (Å²) < 4.78 is 2.63. The van der Waals surface area contributed by atoms with Gasteiger partial charge in [0.05, 0.1) is 5.69 Å². The van der Waals surface area contributed by atoms with E-state index in [0.717, 1.165) is 17.1 Å². The van der Waals surface area contributed by atoms with Crippen LogP contribution in [-0.2, 0) is 0 Å². The standard InChI is InChI=1S/C46H31NS/c1-2-11-32(12-3-1)34-21-23-35(24-22-34)36-25-28-38(29-26-36)47(39-30-27-33-13-4-5-14-37(33)31-39)44-19-8-6-15-40(44)42-17-10-18-43-41-16-7-9-20-45(41)48-46(42)43/h1-31H. The zero-order valence-electron chi connectivity index (χ0n) is 26.3. The van der Waals surface area contributed by atoms with Crippen LogP contribution in [0.1, 0.15) is 0 Å². The number of thiophene rings is 1. The molecule has 9 rings (SSSR count). The Kier molecular flexibility index (Phi) is 7.07. The number of anilines is 3. The summed E-state index contributed by atoms with van der Waals surface area (Å²) in [6.45, 7) is 0. The number of rotatable bonds is 6. The number of fused-ring (bicyclic) bond motifs is 4. The summed E-state index contributed by atoms with van der Waals surface area (Å²) in [5.41, 5.74) is 10.7. The summed E-state index contributed by atoms with van der Waals surface area (Å²) in [5.74, 6) is 0. The van der Waals surface area contributed by atoms with Gasteiger partial charge in [0, 0.05) is 42.7 Å². The van der Waals surface area contributed by atoms with Crippen molar-refractivity contribution in [2.45, 2.75) is 0 Å². The highest BCUT2D eigenvalue weighted by Crippen LogP contribution is 2.46. The van der Waals surface area contributed by atoms with Crippen LogP contribution >= 0.6 is 11.3 Å². The van der Waals surface area contributed by atoms with E-state index in [1.54, 1.807) is 0 Å². The third kappa shape index (κ3) is 5.04. The molecule has 8 aromatic carbocycles. The molecule has 0 saturated carbocycles. The fraction of sp³-hybridized carbons (Fsp3) is 0. The van der Waals surface area contributed by atoms with Gasteiger partial charge in [0.2, 0.25) is 0 Å². The van der Waals surface area contributed by atoms with E-state index in [-0.39, 0.29) is 0 Å². The van der Waals surface area contributed by atoms with Crippen molar-refractivity contribution >= 4 is 59.3 Å². The first kappa shape index (κ1) is 28.3. The second-order valence-corrected chi connectivity index (χ2v) is 13.2. The molecule has 1 heterocycles. The van der Waals surface area contributed by atoms with Gasteiger partial charge in [-0.3, -0.25) is 0 Å². The maximum Gasteiger partial charge on any atom is 0.0540 e. The molecule has 226 valence electrons. The monoisotopic (exact) mass is 629 g/mol. The minimum atomic E-state index is 1.12. The molecule has 1 aromatic heterocycles. The smallest absolute Gasteiger partial charge is 0.0540 e. The Morgan fingerprint density at radius 3 is 1.71 bits per heavy atom. The molecule has 0 aliphatic rings. The second kappa shape index (κ2) is 12.0. The summed E-state index contributed by atoms with van der Waals surface area (Å²) >= 11 is 1.88. The van der Waals surface area contributed by atoms with E-state index in [1.165, 1.54) is 64.3 Å². The van der Waals surface area contributed by atoms with E-state index in [1.807, 2.05) is 11.3 Å². The Labute approximate surface area is 284 Å². The zero-order chi connectivity index (χ0) is 31.9. The average Bonchev–Trinajstić information content (AvgIpc) is 3.55. The van der Waals surface area contributed by atoms with Crippen molar-refractivity contribution in [3.8, 4) is 33.4 Å². The van der Waals surface area contributed by atoms with Gasteiger partial charge in [0.15, 0.2) is 0 Å². The Hall–Kier alpha value is -5.96. The maximum atomic E-state index is 2.41. The topological polar surface area (TPSA) is 3.24 Å². The Morgan fingerprint density at radius 1 is 0.354 bits per heavy atom. The summed E-state index contributed by atoms with van der Waals surface area (Å²) in [6.07, 6.45) is 0. The number of nitrogens with zero attached hydrogens (tertiary/aromatic N) is 1. The van der Waals surface area contributed by atoms with E-state index in [2.05, 4.69) is 193 Å². The Morgan fingerprint density at radius 2 is 0.917 bits per heavy atom. The molecular formula is C46H31NS. The molecule has 0 spiro atoms. The van der Waals surface area contributed by atoms with Gasteiger partial charge in [0.1, 0.15) is 0 Å². The molecule has 48 heavy (non-hydrogen) atoms. The Balaban J connectivity index is 1.18. The van der Waals surface area contributed by atoms with Crippen LogP contribution in [0.3, 0.4) is 0 Å². The van der Waals surface area contributed by atoms with Gasteiger partial charge in [-0.1, -0.05) is 152 Å². The first-order chi connectivity index (χ1) is 23.8. The average molecular weight is 630 g/mol. The number of benzene rings is 8. The highest BCUT2D eigenvalue weighted by Gasteiger charge is 2.20. The van der Waals surface area contributed by atoms with Gasteiger partial charge in [-0.2, -0.15) is 0 Å². The van der Waals surface area contributed by atoms with Gasteiger partial charge in [-0.05, 0) is 69.4 Å². The zero-order valence-corrected chi connectivity index (χ0v) is 27.1. The van der Waals surface area contributed by atoms with Crippen molar-refractivity contribution in [3.63, 3.8) is 0 Å². The van der Waals surface area contributed by atoms with Crippen molar-refractivity contribution in [1.82, 2.24) is 0 Å². The van der Waals surface area contributed by atoms with Crippen LogP contribution in [0.5, 0.6) is 0 Å². The van der Waals surface area contributed by atoms with Crippen LogP contribution < -0.4 is 4.90 Å². The van der Waals surface area contributed by atoms with Crippen LogP contribution in [-0.4, -0.2) is 0 Å². The van der Waals surface area contributed by atoms with Crippen molar-refractivity contribution < 1.29 is 0 Å². The number of para-hydroxylation sites is 1. The molecule has 0 bridgehead atoms. The second-order valence-electron chi connectivity index (χ2n) is 12.2. The Bertz CT molecular complexity index is 2540. The van der Waals surface area contributed by atoms with E-state index < -0.39 is 0 Å². The molecule has 0 aliphatic carbocycles. The molecule has 9 aromatic rings. The fourth-order valence-electron chi connectivity index (χ4n) is 6.89. The number of hydrogen-bond donors (Lipinski definition) is 0. The molecule has 0 unspecified atom stereocenters. The third-order valence-electron chi connectivity index (χ3n) is 9.28. The molecule has 0 saturated heterocycles. The third-order valence-corrected chi connectivity index (χ3v) is 10.5. The molecule has 0 radical (unpaired) electrons. The van der Waals surface area contributed by atoms with Crippen molar-refractivity contribution in [2.75, 3.05) is 4.90 Å². The minimum Gasteiger partial charge on any atom is -0.310 e. The van der Waals surface area contributed by atoms with E-state index in [9.17, 15) is 0 Å². The highest BCUT2D eigenvalue weighted by atomic mass is 32.1. The lowest BCUT2D eigenvalue weighted by Crippen LogP contribution is -2.11. The van der Waals surface area contributed by atoms with Gasteiger partial charge in [0.25, 0.3) is 0 Å². The van der Waals surface area contributed by atoms with Crippen molar-refractivity contribution in [2.24, 2.45) is 0 Å². The van der Waals surface area contributed by atoms with Crippen molar-refractivity contribution in [3.05, 3.63) is 188 Å². The largest absolute Gasteiger partial charge is 0.310 e. The molecule has 0 fully saturated rings. The normalized spacial score (nSPS) is 11.3. The summed E-state index contributed by atoms with van der Waals surface area (Å²) in [7, 11) is 0. The minimum absolute atomic E-state index is 1.12. The van der Waals surface area contributed by atoms with Crippen LogP contribution in [0, 0.1) is 0 Å². The van der Waals surface area contributed by atoms with Gasteiger partial charge < -0.3 is 4.90 Å². The fourth-order valence-corrected chi connectivity index (χ4v) is 8.12. The SMILES string of the molecule is c1ccc(-c2ccc(-c3ccc(N(c4ccc5ccccc5c4)c4ccccc4-c4cccc5c4sc4ccccc45)cc3)cc2)cc1. The predicted molar refractivity (Wildman–Crippen MR) is 208 cm³/mol. The van der Waals surface area contributed by atoms with Crippen molar-refractivity contribution in [1.29, 1.82) is 0 Å². The van der Waals surface area contributed by atoms with Crippen LogP contribution in [0.15, 0.2) is 188 Å². The molecule has 2 heteroatoms. The molecular weight excluding hydrogens is 599 g/mol. The summed E-state index contributed by atoms with van der Waals surface area (Å²) in [6, 6.07) is 68.1. The summed E-state index contributed by atoms with van der Waals surface area (Å²) in [4.78, 5) is 2.41. The molecule has 1 nitrogen and oxygen atoms in total. The van der Waals surface area contributed by atoms with Gasteiger partial charge in [-0.15, -0.1) is 11.3 Å². The van der Waals surface area contributed by atoms with Gasteiger partial charge in [-0.25, -0.2) is 0 Å². The first-order valence-corrected chi connectivity index (χ1v) is 17.2. The van der Waals surface area contributed by atoms with E-state index >= 15 is 0 Å². The molecule has 0 N–H and O–H groups in total. The molecule has 0 aliphatic heterocycles. The highest BCUT2D eigenvalue weighted by molar-refractivity contribution is 7.26. The van der Waals surface area contributed by atoms with Gasteiger partial charge >= 0.3 is 0 Å². The lowest BCUT2D eigenvalue weighted by molar-refractivity contribution is 1.29. The van der Waals surface area contributed by atoms with Crippen LogP contribution in [0.2, 0.25) is 0 Å². The lowest BCUT2D eigenvalue weighted by Gasteiger charge is -2.28. The number of hydrogen-bond acceptors (Lipinski definition) is 2. The van der Waals surface area contributed by atoms with E-state index in [4.69, 9.17) is 0 Å². The van der Waals surface area contributed by atoms with Crippen LogP contribution in [0.25, 0.3) is 64.3 Å². The molecule has 0 amide bonds. The predicted octanol–water partition coefficient (Wildman–Crippen LogP) is 13.7. The maximum absolute atomic E-state index is 2.41. The molecule has 0 atom stereocenters. The van der Waals surface area contributed by atoms with Crippen LogP contribution in [0.4, 0.5) is 17.1 Å². The van der Waals surface area contributed by atoms with E-state index in [0.29, 0.717) is 0 Å². The first-order valence-electron chi connectivity index (χ1n) is 16.3.